The third kappa shape index (κ3) is 3.10. The monoisotopic (exact) mass is 208 g/mol. The minimum atomic E-state index is -1.22. The Bertz CT molecular complexity index is 204. The summed E-state index contributed by atoms with van der Waals surface area (Å²) in [4.78, 5) is 12.0. The predicted octanol–water partition coefficient (Wildman–Crippen LogP) is 0.636. The number of hydrogen-bond donors (Lipinski definition) is 2. The van der Waals surface area contributed by atoms with E-state index in [1.807, 2.05) is 0 Å². The summed E-state index contributed by atoms with van der Waals surface area (Å²) in [6, 6.07) is -0.674. The van der Waals surface area contributed by atoms with Crippen LogP contribution in [0.15, 0.2) is 0 Å². The number of likely N-dealkylation sites (tertiary alicyclic amines) is 1. The predicted molar refractivity (Wildman–Crippen MR) is 46.9 cm³/mol. The molecule has 2 N–H and O–H groups in total. The van der Waals surface area contributed by atoms with Crippen LogP contribution in [-0.4, -0.2) is 54.6 Å². The summed E-state index contributed by atoms with van der Waals surface area (Å²) in [7, 11) is 0. The number of hydrogen-bond acceptors (Lipinski definition) is 2. The number of alkyl halides is 2. The maximum atomic E-state index is 13.2. The molecule has 6 heteroatoms. The molecule has 0 aromatic heterocycles. The van der Waals surface area contributed by atoms with E-state index < -0.39 is 25.0 Å². The van der Waals surface area contributed by atoms with E-state index in [1.54, 1.807) is 4.90 Å². The number of rotatable bonds is 4. The van der Waals surface area contributed by atoms with Crippen molar-refractivity contribution in [3.05, 3.63) is 0 Å². The van der Waals surface area contributed by atoms with Gasteiger partial charge in [-0.15, -0.1) is 0 Å². The van der Waals surface area contributed by atoms with Crippen molar-refractivity contribution < 1.29 is 18.7 Å². The average molecular weight is 208 g/mol. The van der Waals surface area contributed by atoms with E-state index in [2.05, 4.69) is 5.32 Å². The SMILES string of the molecule is O=C(O)N[C@@H]1CN(CCCF)C[C@H]1F. The minimum Gasteiger partial charge on any atom is -0.465 e. The van der Waals surface area contributed by atoms with Gasteiger partial charge in [-0.2, -0.15) is 0 Å². The molecule has 1 rings (SSSR count). The van der Waals surface area contributed by atoms with Crippen LogP contribution in [0, 0.1) is 0 Å². The van der Waals surface area contributed by atoms with Crippen LogP contribution in [-0.2, 0) is 0 Å². The van der Waals surface area contributed by atoms with E-state index in [1.165, 1.54) is 0 Å². The van der Waals surface area contributed by atoms with Crippen molar-refractivity contribution in [3.8, 4) is 0 Å². The lowest BCUT2D eigenvalue weighted by Gasteiger charge is -2.13. The first kappa shape index (κ1) is 11.2. The van der Waals surface area contributed by atoms with Crippen LogP contribution in [0.25, 0.3) is 0 Å². The molecule has 0 aromatic carbocycles. The summed E-state index contributed by atoms with van der Waals surface area (Å²) in [5.41, 5.74) is 0. The molecule has 14 heavy (non-hydrogen) atoms. The van der Waals surface area contributed by atoms with Crippen LogP contribution in [0.5, 0.6) is 0 Å². The van der Waals surface area contributed by atoms with Crippen molar-refractivity contribution in [3.63, 3.8) is 0 Å². The Hall–Kier alpha value is -0.910. The maximum Gasteiger partial charge on any atom is 0.405 e. The fourth-order valence-electron chi connectivity index (χ4n) is 1.60. The summed E-state index contributed by atoms with van der Waals surface area (Å²) in [5, 5.41) is 10.5. The molecule has 0 unspecified atom stereocenters. The molecule has 0 spiro atoms. The van der Waals surface area contributed by atoms with Crippen LogP contribution < -0.4 is 5.32 Å². The largest absolute Gasteiger partial charge is 0.465 e. The second-order valence-electron chi connectivity index (χ2n) is 3.37. The highest BCUT2D eigenvalue weighted by Gasteiger charge is 2.33. The average Bonchev–Trinajstić information content (AvgIpc) is 2.43. The van der Waals surface area contributed by atoms with Crippen molar-refractivity contribution in [2.45, 2.75) is 18.6 Å². The lowest BCUT2D eigenvalue weighted by atomic mass is 10.2. The fourth-order valence-corrected chi connectivity index (χ4v) is 1.60. The Morgan fingerprint density at radius 3 is 2.86 bits per heavy atom. The topological polar surface area (TPSA) is 52.6 Å². The number of amides is 1. The molecule has 0 aromatic rings. The highest BCUT2D eigenvalue weighted by Crippen LogP contribution is 2.13. The van der Waals surface area contributed by atoms with Gasteiger partial charge >= 0.3 is 6.09 Å². The maximum absolute atomic E-state index is 13.2. The van der Waals surface area contributed by atoms with Gasteiger partial charge in [-0.1, -0.05) is 0 Å². The van der Waals surface area contributed by atoms with E-state index in [-0.39, 0.29) is 6.54 Å². The molecule has 2 atom stereocenters. The second-order valence-corrected chi connectivity index (χ2v) is 3.37. The zero-order valence-electron chi connectivity index (χ0n) is 7.75. The summed E-state index contributed by atoms with van der Waals surface area (Å²) in [6.45, 7) is 0.567. The van der Waals surface area contributed by atoms with Gasteiger partial charge in [0.05, 0.1) is 12.7 Å². The molecule has 0 radical (unpaired) electrons. The van der Waals surface area contributed by atoms with Gasteiger partial charge in [-0.3, -0.25) is 9.29 Å². The third-order valence-electron chi connectivity index (χ3n) is 2.24. The quantitative estimate of drug-likeness (QED) is 0.712. The Morgan fingerprint density at radius 1 is 1.57 bits per heavy atom. The van der Waals surface area contributed by atoms with E-state index in [0.29, 0.717) is 19.5 Å². The van der Waals surface area contributed by atoms with E-state index in [4.69, 9.17) is 5.11 Å². The van der Waals surface area contributed by atoms with Crippen molar-refractivity contribution in [2.24, 2.45) is 0 Å². The molecule has 4 nitrogen and oxygen atoms in total. The fraction of sp³-hybridized carbons (Fsp3) is 0.875. The molecule has 0 bridgehead atoms. The van der Waals surface area contributed by atoms with Crippen LogP contribution in [0.1, 0.15) is 6.42 Å². The first-order valence-electron chi connectivity index (χ1n) is 4.55. The van der Waals surface area contributed by atoms with Crippen molar-refractivity contribution in [1.29, 1.82) is 0 Å². The van der Waals surface area contributed by atoms with Gasteiger partial charge in [0.1, 0.15) is 6.17 Å². The Kier molecular flexibility index (Phi) is 4.06. The molecule has 1 aliphatic rings. The zero-order valence-corrected chi connectivity index (χ0v) is 7.75. The molecule has 1 aliphatic heterocycles. The second kappa shape index (κ2) is 5.09. The molecule has 0 saturated carbocycles. The lowest BCUT2D eigenvalue weighted by molar-refractivity contribution is 0.183. The smallest absolute Gasteiger partial charge is 0.405 e. The van der Waals surface area contributed by atoms with Gasteiger partial charge in [0.15, 0.2) is 0 Å². The molecule has 0 aliphatic carbocycles. The van der Waals surface area contributed by atoms with Gasteiger partial charge in [0, 0.05) is 19.6 Å². The molecule has 1 fully saturated rings. The first-order valence-corrected chi connectivity index (χ1v) is 4.55. The molecule has 1 amide bonds. The molecule has 1 saturated heterocycles. The van der Waals surface area contributed by atoms with Gasteiger partial charge in [-0.25, -0.2) is 9.18 Å². The van der Waals surface area contributed by atoms with Crippen molar-refractivity contribution in [2.75, 3.05) is 26.3 Å². The number of halogens is 2. The van der Waals surface area contributed by atoms with E-state index >= 15 is 0 Å². The number of nitrogens with one attached hydrogen (secondary N) is 1. The van der Waals surface area contributed by atoms with Crippen molar-refractivity contribution in [1.82, 2.24) is 10.2 Å². The first-order chi connectivity index (χ1) is 6.63. The summed E-state index contributed by atoms with van der Waals surface area (Å²) < 4.78 is 25.0. The number of carboxylic acid groups (broad SMARTS) is 1. The van der Waals surface area contributed by atoms with Crippen LogP contribution in [0.3, 0.4) is 0 Å². The van der Waals surface area contributed by atoms with Gasteiger partial charge < -0.3 is 10.4 Å². The highest BCUT2D eigenvalue weighted by molar-refractivity contribution is 5.65. The normalized spacial score (nSPS) is 27.9. The zero-order chi connectivity index (χ0) is 10.6. The summed E-state index contributed by atoms with van der Waals surface area (Å²) >= 11 is 0. The van der Waals surface area contributed by atoms with Gasteiger partial charge in [-0.05, 0) is 6.42 Å². The summed E-state index contributed by atoms with van der Waals surface area (Å²) in [5.74, 6) is 0. The van der Waals surface area contributed by atoms with Gasteiger partial charge in [0.2, 0.25) is 0 Å². The van der Waals surface area contributed by atoms with E-state index in [0.717, 1.165) is 0 Å². The Balaban J connectivity index is 2.31. The van der Waals surface area contributed by atoms with Crippen LogP contribution in [0.4, 0.5) is 13.6 Å². The summed E-state index contributed by atoms with van der Waals surface area (Å²) in [6.07, 6.45) is -2.04. The molecular weight excluding hydrogens is 194 g/mol. The highest BCUT2D eigenvalue weighted by atomic mass is 19.1. The van der Waals surface area contributed by atoms with E-state index in [9.17, 15) is 13.6 Å². The Morgan fingerprint density at radius 2 is 2.29 bits per heavy atom. The Labute approximate surface area is 80.9 Å². The van der Waals surface area contributed by atoms with Crippen LogP contribution in [0.2, 0.25) is 0 Å². The number of carbonyl (C=O) groups is 1. The molecule has 1 heterocycles. The lowest BCUT2D eigenvalue weighted by Crippen LogP contribution is -2.40. The standard InChI is InChI=1S/C8H14F2N2O2/c9-2-1-3-12-4-6(10)7(5-12)11-8(13)14/h6-7,11H,1-5H2,(H,13,14)/t6-,7-/m1/s1. The third-order valence-corrected chi connectivity index (χ3v) is 2.24. The number of nitrogens with zero attached hydrogens (tertiary/aromatic N) is 1. The minimum absolute atomic E-state index is 0.185. The molecular formula is C8H14F2N2O2. The van der Waals surface area contributed by atoms with Crippen molar-refractivity contribution >= 4 is 6.09 Å². The van der Waals surface area contributed by atoms with Gasteiger partial charge in [0.25, 0.3) is 0 Å². The molecule has 82 valence electrons. The van der Waals surface area contributed by atoms with Crippen LogP contribution >= 0.6 is 0 Å².